The molecule has 1 aliphatic heterocycles. The Morgan fingerprint density at radius 2 is 2.05 bits per heavy atom. The molecule has 0 amide bonds. The van der Waals surface area contributed by atoms with Crippen LogP contribution in [0.2, 0.25) is 0 Å². The van der Waals surface area contributed by atoms with Gasteiger partial charge >= 0.3 is 0 Å². The van der Waals surface area contributed by atoms with Crippen LogP contribution >= 0.6 is 0 Å². The van der Waals surface area contributed by atoms with Crippen molar-refractivity contribution in [3.8, 4) is 0 Å². The van der Waals surface area contributed by atoms with Crippen molar-refractivity contribution in [1.82, 2.24) is 0 Å². The lowest BCUT2D eigenvalue weighted by Gasteiger charge is -2.25. The van der Waals surface area contributed by atoms with Gasteiger partial charge in [0.05, 0.1) is 18.5 Å². The molecule has 3 nitrogen and oxygen atoms in total. The van der Waals surface area contributed by atoms with Gasteiger partial charge in [-0.25, -0.2) is 0 Å². The number of hydrogen-bond donors (Lipinski definition) is 1. The van der Waals surface area contributed by atoms with Crippen LogP contribution in [0.3, 0.4) is 0 Å². The first-order valence-corrected chi connectivity index (χ1v) is 8.96. The maximum atomic E-state index is 10.0. The fraction of sp³-hybridized carbons (Fsp3) is 0.889. The van der Waals surface area contributed by atoms with E-state index in [1.165, 1.54) is 32.1 Å². The van der Waals surface area contributed by atoms with E-state index in [1.54, 1.807) is 0 Å². The molecular weight excluding hydrogens is 264 g/mol. The minimum atomic E-state index is -0.175. The van der Waals surface area contributed by atoms with Gasteiger partial charge in [-0.2, -0.15) is 0 Å². The first kappa shape index (κ1) is 16.8. The second-order valence-electron chi connectivity index (χ2n) is 6.52. The molecule has 3 unspecified atom stereocenters. The smallest absolute Gasteiger partial charge is 0.199 e. The molecule has 1 heterocycles. The Balaban J connectivity index is 1.86. The second-order valence-corrected chi connectivity index (χ2v) is 6.52. The van der Waals surface area contributed by atoms with Gasteiger partial charge in [0.2, 0.25) is 0 Å². The van der Waals surface area contributed by atoms with E-state index in [9.17, 15) is 5.11 Å². The standard InChI is InChI=1S/C18H32O3/c1-2-3-4-5-10-16(14-15-9-8-11-17(15)19)21-18-12-6-7-13-20-18/h14-15,17-19H,2-13H2,1H3/b16-14+. The summed E-state index contributed by atoms with van der Waals surface area (Å²) in [6.45, 7) is 3.05. The van der Waals surface area contributed by atoms with Gasteiger partial charge in [0.15, 0.2) is 6.29 Å². The zero-order valence-corrected chi connectivity index (χ0v) is 13.6. The average molecular weight is 296 g/mol. The summed E-state index contributed by atoms with van der Waals surface area (Å²) < 4.78 is 11.8. The van der Waals surface area contributed by atoms with Gasteiger partial charge in [-0.05, 0) is 38.2 Å². The molecule has 2 fully saturated rings. The van der Waals surface area contributed by atoms with E-state index >= 15 is 0 Å². The molecule has 2 aliphatic rings. The Morgan fingerprint density at radius 3 is 2.71 bits per heavy atom. The topological polar surface area (TPSA) is 38.7 Å². The van der Waals surface area contributed by atoms with Gasteiger partial charge in [-0.15, -0.1) is 0 Å². The molecule has 1 saturated carbocycles. The molecule has 0 radical (unpaired) electrons. The number of allylic oxidation sites excluding steroid dienone is 1. The highest BCUT2D eigenvalue weighted by Gasteiger charge is 2.25. The zero-order chi connectivity index (χ0) is 14.9. The average Bonchev–Trinajstić information content (AvgIpc) is 2.90. The lowest BCUT2D eigenvalue weighted by molar-refractivity contribution is -0.140. The van der Waals surface area contributed by atoms with Crippen LogP contribution in [-0.2, 0) is 9.47 Å². The van der Waals surface area contributed by atoms with Crippen LogP contribution < -0.4 is 0 Å². The molecule has 0 aromatic heterocycles. The first-order chi connectivity index (χ1) is 10.3. The van der Waals surface area contributed by atoms with E-state index in [1.807, 2.05) is 0 Å². The van der Waals surface area contributed by atoms with Crippen LogP contribution in [0, 0.1) is 5.92 Å². The van der Waals surface area contributed by atoms with E-state index in [4.69, 9.17) is 9.47 Å². The van der Waals surface area contributed by atoms with Crippen molar-refractivity contribution in [3.05, 3.63) is 11.8 Å². The maximum Gasteiger partial charge on any atom is 0.199 e. The molecular formula is C18H32O3. The van der Waals surface area contributed by atoms with Crippen LogP contribution in [0.25, 0.3) is 0 Å². The van der Waals surface area contributed by atoms with Crippen molar-refractivity contribution >= 4 is 0 Å². The zero-order valence-electron chi connectivity index (χ0n) is 13.6. The molecule has 0 aromatic carbocycles. The molecule has 0 bridgehead atoms. The van der Waals surface area contributed by atoms with Gasteiger partial charge in [0.1, 0.15) is 0 Å². The fourth-order valence-electron chi connectivity index (χ4n) is 3.28. The Morgan fingerprint density at radius 1 is 1.14 bits per heavy atom. The highest BCUT2D eigenvalue weighted by atomic mass is 16.7. The molecule has 1 aliphatic carbocycles. The van der Waals surface area contributed by atoms with Crippen molar-refractivity contribution in [2.75, 3.05) is 6.61 Å². The van der Waals surface area contributed by atoms with Gasteiger partial charge in [0.25, 0.3) is 0 Å². The molecule has 122 valence electrons. The highest BCUT2D eigenvalue weighted by molar-refractivity contribution is 5.01. The maximum absolute atomic E-state index is 10.0. The minimum absolute atomic E-state index is 0.0604. The fourth-order valence-corrected chi connectivity index (χ4v) is 3.28. The van der Waals surface area contributed by atoms with E-state index in [0.717, 1.165) is 50.9 Å². The van der Waals surface area contributed by atoms with E-state index in [0.29, 0.717) is 0 Å². The Bertz CT molecular complexity index is 308. The molecule has 1 saturated heterocycles. The van der Waals surface area contributed by atoms with Crippen molar-refractivity contribution in [3.63, 3.8) is 0 Å². The Kier molecular flexibility index (Phi) is 7.59. The third kappa shape index (κ3) is 5.99. The number of ether oxygens (including phenoxy) is 2. The van der Waals surface area contributed by atoms with Crippen LogP contribution in [0.1, 0.15) is 77.6 Å². The Labute approximate surface area is 129 Å². The lowest BCUT2D eigenvalue weighted by Crippen LogP contribution is -2.22. The third-order valence-electron chi connectivity index (χ3n) is 4.63. The molecule has 0 aromatic rings. The third-order valence-corrected chi connectivity index (χ3v) is 4.63. The molecule has 2 rings (SSSR count). The van der Waals surface area contributed by atoms with Crippen LogP contribution in [0.5, 0.6) is 0 Å². The number of unbranched alkanes of at least 4 members (excludes halogenated alkanes) is 3. The predicted molar refractivity (Wildman–Crippen MR) is 84.9 cm³/mol. The quantitative estimate of drug-likeness (QED) is 0.528. The number of hydrogen-bond acceptors (Lipinski definition) is 3. The van der Waals surface area contributed by atoms with E-state index in [2.05, 4.69) is 13.0 Å². The largest absolute Gasteiger partial charge is 0.470 e. The number of rotatable bonds is 8. The summed E-state index contributed by atoms with van der Waals surface area (Å²) in [6.07, 6.45) is 14.4. The minimum Gasteiger partial charge on any atom is -0.470 e. The number of aliphatic hydroxyl groups is 1. The van der Waals surface area contributed by atoms with Crippen molar-refractivity contribution in [1.29, 1.82) is 0 Å². The van der Waals surface area contributed by atoms with Crippen LogP contribution in [-0.4, -0.2) is 24.1 Å². The van der Waals surface area contributed by atoms with Crippen molar-refractivity contribution in [2.24, 2.45) is 5.92 Å². The molecule has 1 N–H and O–H groups in total. The molecule has 0 spiro atoms. The number of aliphatic hydroxyl groups excluding tert-OH is 1. The summed E-state index contributed by atoms with van der Waals surface area (Å²) in [7, 11) is 0. The first-order valence-electron chi connectivity index (χ1n) is 8.96. The molecule has 21 heavy (non-hydrogen) atoms. The highest BCUT2D eigenvalue weighted by Crippen LogP contribution is 2.30. The lowest BCUT2D eigenvalue weighted by atomic mass is 10.0. The molecule has 3 heteroatoms. The summed E-state index contributed by atoms with van der Waals surface area (Å²) >= 11 is 0. The van der Waals surface area contributed by atoms with E-state index < -0.39 is 0 Å². The monoisotopic (exact) mass is 296 g/mol. The van der Waals surface area contributed by atoms with Gasteiger partial charge in [-0.3, -0.25) is 0 Å². The normalized spacial score (nSPS) is 30.6. The summed E-state index contributed by atoms with van der Waals surface area (Å²) in [6, 6.07) is 0. The summed E-state index contributed by atoms with van der Waals surface area (Å²) in [5, 5.41) is 10.0. The summed E-state index contributed by atoms with van der Waals surface area (Å²) in [5.74, 6) is 1.35. The van der Waals surface area contributed by atoms with Gasteiger partial charge in [0, 0.05) is 18.8 Å². The van der Waals surface area contributed by atoms with Crippen LogP contribution in [0.4, 0.5) is 0 Å². The van der Waals surface area contributed by atoms with E-state index in [-0.39, 0.29) is 18.3 Å². The predicted octanol–water partition coefficient (Wildman–Crippen LogP) is 4.54. The van der Waals surface area contributed by atoms with Crippen molar-refractivity contribution in [2.45, 2.75) is 89.9 Å². The van der Waals surface area contributed by atoms with Crippen molar-refractivity contribution < 1.29 is 14.6 Å². The van der Waals surface area contributed by atoms with Gasteiger partial charge < -0.3 is 14.6 Å². The Hall–Kier alpha value is -0.540. The van der Waals surface area contributed by atoms with Gasteiger partial charge in [-0.1, -0.05) is 32.6 Å². The summed E-state index contributed by atoms with van der Waals surface area (Å²) in [4.78, 5) is 0. The SMILES string of the molecule is CCCCCC/C(=C\C1CCCC1O)OC1CCCCO1. The molecule has 3 atom stereocenters. The summed E-state index contributed by atoms with van der Waals surface area (Å²) in [5.41, 5.74) is 0. The second kappa shape index (κ2) is 9.47. The van der Waals surface area contributed by atoms with Crippen LogP contribution in [0.15, 0.2) is 11.8 Å².